The first kappa shape index (κ1) is 12.0. The van der Waals surface area contributed by atoms with E-state index in [1.165, 1.54) is 0 Å². The number of ether oxygens (including phenoxy) is 2. The SMILES string of the molecule is OCc1ccc2c(c1C(O)c1ccccn1)OCO2. The second kappa shape index (κ2) is 4.87. The molecule has 2 aromatic rings. The van der Waals surface area contributed by atoms with Crippen molar-refractivity contribution in [3.05, 3.63) is 53.3 Å². The van der Waals surface area contributed by atoms with Crippen LogP contribution in [-0.4, -0.2) is 22.0 Å². The molecule has 5 nitrogen and oxygen atoms in total. The number of fused-ring (bicyclic) bond motifs is 1. The topological polar surface area (TPSA) is 71.8 Å². The van der Waals surface area contributed by atoms with Gasteiger partial charge in [-0.15, -0.1) is 0 Å². The van der Waals surface area contributed by atoms with Crippen LogP contribution in [0.25, 0.3) is 0 Å². The third-order valence-electron chi connectivity index (χ3n) is 3.08. The van der Waals surface area contributed by atoms with E-state index in [0.29, 0.717) is 28.3 Å². The van der Waals surface area contributed by atoms with Crippen LogP contribution in [0.5, 0.6) is 11.5 Å². The number of benzene rings is 1. The normalized spacial score (nSPS) is 14.4. The number of aromatic nitrogens is 1. The zero-order valence-electron chi connectivity index (χ0n) is 10.1. The second-order valence-corrected chi connectivity index (χ2v) is 4.19. The molecule has 0 amide bonds. The summed E-state index contributed by atoms with van der Waals surface area (Å²) in [6.45, 7) is -0.0674. The number of aliphatic hydroxyl groups excluding tert-OH is 2. The summed E-state index contributed by atoms with van der Waals surface area (Å²) >= 11 is 0. The van der Waals surface area contributed by atoms with Crippen molar-refractivity contribution in [3.8, 4) is 11.5 Å². The Bertz CT molecular complexity index is 585. The summed E-state index contributed by atoms with van der Waals surface area (Å²) < 4.78 is 10.7. The summed E-state index contributed by atoms with van der Waals surface area (Å²) in [5.41, 5.74) is 1.61. The summed E-state index contributed by atoms with van der Waals surface area (Å²) in [4.78, 5) is 4.13. The fourth-order valence-corrected chi connectivity index (χ4v) is 2.16. The lowest BCUT2D eigenvalue weighted by atomic mass is 9.98. The minimum Gasteiger partial charge on any atom is -0.454 e. The van der Waals surface area contributed by atoms with Gasteiger partial charge in [-0.05, 0) is 23.8 Å². The lowest BCUT2D eigenvalue weighted by Gasteiger charge is -2.16. The maximum absolute atomic E-state index is 10.5. The van der Waals surface area contributed by atoms with Gasteiger partial charge in [-0.1, -0.05) is 12.1 Å². The molecule has 1 unspecified atom stereocenters. The van der Waals surface area contributed by atoms with E-state index < -0.39 is 6.10 Å². The molecule has 19 heavy (non-hydrogen) atoms. The first-order chi connectivity index (χ1) is 9.31. The van der Waals surface area contributed by atoms with Crippen molar-refractivity contribution in [2.24, 2.45) is 0 Å². The lowest BCUT2D eigenvalue weighted by molar-refractivity contribution is 0.166. The molecule has 0 bridgehead atoms. The fourth-order valence-electron chi connectivity index (χ4n) is 2.16. The van der Waals surface area contributed by atoms with Gasteiger partial charge in [0.15, 0.2) is 11.5 Å². The van der Waals surface area contributed by atoms with E-state index in [4.69, 9.17) is 9.47 Å². The van der Waals surface area contributed by atoms with Gasteiger partial charge in [-0.25, -0.2) is 0 Å². The highest BCUT2D eigenvalue weighted by atomic mass is 16.7. The Morgan fingerprint density at radius 2 is 2.11 bits per heavy atom. The summed E-state index contributed by atoms with van der Waals surface area (Å²) in [7, 11) is 0. The maximum Gasteiger partial charge on any atom is 0.231 e. The van der Waals surface area contributed by atoms with Crippen molar-refractivity contribution in [2.45, 2.75) is 12.7 Å². The van der Waals surface area contributed by atoms with Gasteiger partial charge < -0.3 is 19.7 Å². The van der Waals surface area contributed by atoms with Gasteiger partial charge >= 0.3 is 0 Å². The van der Waals surface area contributed by atoms with Crippen LogP contribution in [0.1, 0.15) is 22.9 Å². The van der Waals surface area contributed by atoms with Crippen molar-refractivity contribution < 1.29 is 19.7 Å². The molecule has 2 N–H and O–H groups in total. The number of aliphatic hydroxyl groups is 2. The van der Waals surface area contributed by atoms with E-state index in [0.717, 1.165) is 0 Å². The molecule has 5 heteroatoms. The first-order valence-electron chi connectivity index (χ1n) is 5.92. The van der Waals surface area contributed by atoms with Crippen LogP contribution in [-0.2, 0) is 6.61 Å². The van der Waals surface area contributed by atoms with Crippen LogP contribution in [0.2, 0.25) is 0 Å². The monoisotopic (exact) mass is 259 g/mol. The van der Waals surface area contributed by atoms with Gasteiger partial charge in [0, 0.05) is 11.8 Å². The molecular weight excluding hydrogens is 246 g/mol. The Hall–Kier alpha value is -2.11. The minimum absolute atomic E-state index is 0.117. The summed E-state index contributed by atoms with van der Waals surface area (Å²) in [6, 6.07) is 8.74. The summed E-state index contributed by atoms with van der Waals surface area (Å²) in [6.07, 6.45) is 0.650. The predicted octanol–water partition coefficient (Wildman–Crippen LogP) is 1.38. The van der Waals surface area contributed by atoms with Crippen LogP contribution >= 0.6 is 0 Å². The lowest BCUT2D eigenvalue weighted by Crippen LogP contribution is -2.07. The average Bonchev–Trinajstić information content (AvgIpc) is 2.94. The highest BCUT2D eigenvalue weighted by Gasteiger charge is 2.26. The van der Waals surface area contributed by atoms with Gasteiger partial charge in [-0.3, -0.25) is 4.98 Å². The highest BCUT2D eigenvalue weighted by molar-refractivity contribution is 5.54. The molecule has 0 spiro atoms. The van der Waals surface area contributed by atoms with Crippen LogP contribution in [0, 0.1) is 0 Å². The third-order valence-corrected chi connectivity index (χ3v) is 3.08. The molecule has 0 saturated carbocycles. The largest absolute Gasteiger partial charge is 0.454 e. The van der Waals surface area contributed by atoms with Gasteiger partial charge in [0.1, 0.15) is 6.10 Å². The van der Waals surface area contributed by atoms with Crippen molar-refractivity contribution in [3.63, 3.8) is 0 Å². The molecule has 0 saturated heterocycles. The summed E-state index contributed by atoms with van der Waals surface area (Å²) in [5.74, 6) is 1.05. The van der Waals surface area contributed by atoms with Crippen molar-refractivity contribution in [1.29, 1.82) is 0 Å². The van der Waals surface area contributed by atoms with Crippen LogP contribution in [0.15, 0.2) is 36.5 Å². The molecule has 0 fully saturated rings. The molecule has 1 aliphatic heterocycles. The predicted molar refractivity (Wildman–Crippen MR) is 66.8 cm³/mol. The van der Waals surface area contributed by atoms with E-state index in [1.807, 2.05) is 0 Å². The van der Waals surface area contributed by atoms with Crippen molar-refractivity contribution in [1.82, 2.24) is 4.98 Å². The molecule has 1 aromatic heterocycles. The van der Waals surface area contributed by atoms with Gasteiger partial charge in [0.25, 0.3) is 0 Å². The second-order valence-electron chi connectivity index (χ2n) is 4.19. The minimum atomic E-state index is -0.958. The Balaban J connectivity index is 2.11. The Kier molecular flexibility index (Phi) is 3.06. The van der Waals surface area contributed by atoms with E-state index in [-0.39, 0.29) is 13.4 Å². The zero-order valence-corrected chi connectivity index (χ0v) is 10.1. The zero-order chi connectivity index (χ0) is 13.2. The molecule has 1 atom stereocenters. The number of hydrogen-bond acceptors (Lipinski definition) is 5. The number of hydrogen-bond donors (Lipinski definition) is 2. The Morgan fingerprint density at radius 3 is 2.84 bits per heavy atom. The Morgan fingerprint density at radius 1 is 1.21 bits per heavy atom. The van der Waals surface area contributed by atoms with Crippen molar-refractivity contribution >= 4 is 0 Å². The maximum atomic E-state index is 10.5. The molecule has 0 aliphatic carbocycles. The van der Waals surface area contributed by atoms with E-state index >= 15 is 0 Å². The van der Waals surface area contributed by atoms with Crippen molar-refractivity contribution in [2.75, 3.05) is 6.79 Å². The molecule has 1 aliphatic rings. The molecule has 98 valence electrons. The standard InChI is InChI=1S/C14H13NO4/c16-7-9-4-5-11-14(19-8-18-11)12(9)13(17)10-3-1-2-6-15-10/h1-6,13,16-17H,7-8H2. The molecule has 3 rings (SSSR count). The van der Waals surface area contributed by atoms with E-state index in [2.05, 4.69) is 4.98 Å². The first-order valence-corrected chi connectivity index (χ1v) is 5.92. The molecule has 1 aromatic carbocycles. The number of rotatable bonds is 3. The smallest absolute Gasteiger partial charge is 0.231 e. The molecular formula is C14H13NO4. The third kappa shape index (κ3) is 2.03. The molecule has 2 heterocycles. The van der Waals surface area contributed by atoms with E-state index in [9.17, 15) is 10.2 Å². The van der Waals surface area contributed by atoms with Crippen LogP contribution < -0.4 is 9.47 Å². The quantitative estimate of drug-likeness (QED) is 0.871. The van der Waals surface area contributed by atoms with E-state index in [1.54, 1.807) is 36.5 Å². The Labute approximate surface area is 110 Å². The van der Waals surface area contributed by atoms with Crippen LogP contribution in [0.3, 0.4) is 0 Å². The molecule has 0 radical (unpaired) electrons. The summed E-state index contributed by atoms with van der Waals surface area (Å²) in [5, 5.41) is 19.9. The van der Waals surface area contributed by atoms with Crippen LogP contribution in [0.4, 0.5) is 0 Å². The fraction of sp³-hybridized carbons (Fsp3) is 0.214. The average molecular weight is 259 g/mol. The van der Waals surface area contributed by atoms with Gasteiger partial charge in [0.05, 0.1) is 12.3 Å². The number of pyridine rings is 1. The van der Waals surface area contributed by atoms with Gasteiger partial charge in [-0.2, -0.15) is 0 Å². The van der Waals surface area contributed by atoms with Gasteiger partial charge in [0.2, 0.25) is 6.79 Å². The number of nitrogens with zero attached hydrogens (tertiary/aromatic N) is 1. The highest BCUT2D eigenvalue weighted by Crippen LogP contribution is 2.42.